The van der Waals surface area contributed by atoms with Gasteiger partial charge in [-0.25, -0.2) is 0 Å². The van der Waals surface area contributed by atoms with Gasteiger partial charge in [-0.2, -0.15) is 0 Å². The molecule has 2 N–H and O–H groups in total. The number of ether oxygens (including phenoxy) is 2. The van der Waals surface area contributed by atoms with Crippen LogP contribution in [0.1, 0.15) is 18.9 Å². The highest BCUT2D eigenvalue weighted by molar-refractivity contribution is 7.84. The molecule has 0 heterocycles. The molecule has 1 unspecified atom stereocenters. The maximum atomic E-state index is 12.1. The topological polar surface area (TPSA) is 72.0 Å². The van der Waals surface area contributed by atoms with E-state index in [-0.39, 0.29) is 0 Å². The maximum absolute atomic E-state index is 12.1. The number of rotatable bonds is 13. The summed E-state index contributed by atoms with van der Waals surface area (Å²) in [6.07, 6.45) is 0.861. The van der Waals surface area contributed by atoms with E-state index in [2.05, 4.69) is 15.6 Å². The number of nitrogens with zero attached hydrogens (tertiary/aromatic N) is 1. The van der Waals surface area contributed by atoms with Crippen LogP contribution in [0.5, 0.6) is 0 Å². The smallest absolute Gasteiger partial charge is 0.191 e. The van der Waals surface area contributed by atoms with Crippen LogP contribution >= 0.6 is 0 Å². The van der Waals surface area contributed by atoms with E-state index in [0.29, 0.717) is 44.4 Å². The van der Waals surface area contributed by atoms with Crippen molar-refractivity contribution in [3.8, 4) is 0 Å². The van der Waals surface area contributed by atoms with E-state index >= 15 is 0 Å². The van der Waals surface area contributed by atoms with Crippen molar-refractivity contribution >= 4 is 16.8 Å². The summed E-state index contributed by atoms with van der Waals surface area (Å²) in [7, 11) is 0.781. The molecule has 0 spiro atoms. The van der Waals surface area contributed by atoms with Crippen molar-refractivity contribution < 1.29 is 13.7 Å². The van der Waals surface area contributed by atoms with Crippen molar-refractivity contribution in [3.05, 3.63) is 35.9 Å². The van der Waals surface area contributed by atoms with Crippen molar-refractivity contribution in [2.24, 2.45) is 4.99 Å². The lowest BCUT2D eigenvalue weighted by molar-refractivity contribution is 0.0702. The fourth-order valence-electron chi connectivity index (χ4n) is 2.06. The first kappa shape index (κ1) is 21.6. The van der Waals surface area contributed by atoms with Gasteiger partial charge in [-0.1, -0.05) is 30.3 Å². The first-order valence-electron chi connectivity index (χ1n) is 8.74. The zero-order chi connectivity index (χ0) is 18.2. The minimum Gasteiger partial charge on any atom is -0.382 e. The van der Waals surface area contributed by atoms with Gasteiger partial charge in [0.05, 0.1) is 13.2 Å². The molecule has 1 rings (SSSR count). The van der Waals surface area contributed by atoms with E-state index in [4.69, 9.17) is 9.47 Å². The molecule has 0 saturated heterocycles. The number of benzene rings is 1. The fourth-order valence-corrected chi connectivity index (χ4v) is 3.10. The maximum Gasteiger partial charge on any atom is 0.191 e. The molecule has 0 saturated carbocycles. The fraction of sp³-hybridized carbons (Fsp3) is 0.611. The third kappa shape index (κ3) is 11.7. The lowest BCUT2D eigenvalue weighted by Gasteiger charge is -2.11. The van der Waals surface area contributed by atoms with E-state index in [1.165, 1.54) is 0 Å². The molecule has 0 amide bonds. The number of nitrogens with one attached hydrogen (secondary N) is 2. The number of aliphatic imine (C=N–C) groups is 1. The van der Waals surface area contributed by atoms with Crippen LogP contribution in [0.15, 0.2) is 35.3 Å². The van der Waals surface area contributed by atoms with Crippen LogP contribution < -0.4 is 10.6 Å². The second kappa shape index (κ2) is 14.9. The molecule has 0 bridgehead atoms. The monoisotopic (exact) mass is 369 g/mol. The molecule has 25 heavy (non-hydrogen) atoms. The molecule has 1 atom stereocenters. The highest BCUT2D eigenvalue weighted by Crippen LogP contribution is 2.02. The summed E-state index contributed by atoms with van der Waals surface area (Å²) >= 11 is 0. The molecule has 0 radical (unpaired) electrons. The third-order valence-electron chi connectivity index (χ3n) is 3.29. The molecule has 1 aromatic carbocycles. The van der Waals surface area contributed by atoms with Crippen LogP contribution in [0.3, 0.4) is 0 Å². The van der Waals surface area contributed by atoms with Gasteiger partial charge in [0.25, 0.3) is 0 Å². The number of guanidine groups is 1. The Morgan fingerprint density at radius 2 is 1.96 bits per heavy atom. The van der Waals surface area contributed by atoms with Gasteiger partial charge in [-0.05, 0) is 18.9 Å². The Kier molecular flexibility index (Phi) is 12.8. The van der Waals surface area contributed by atoms with E-state index in [1.807, 2.05) is 37.3 Å². The van der Waals surface area contributed by atoms with Gasteiger partial charge < -0.3 is 20.1 Å². The first-order chi connectivity index (χ1) is 12.3. The van der Waals surface area contributed by atoms with Gasteiger partial charge in [0.15, 0.2) is 5.96 Å². The summed E-state index contributed by atoms with van der Waals surface area (Å²) in [5, 5.41) is 6.43. The summed E-state index contributed by atoms with van der Waals surface area (Å²) in [5.74, 6) is 1.95. The molecule has 6 nitrogen and oxygen atoms in total. The largest absolute Gasteiger partial charge is 0.382 e. The predicted octanol–water partition coefficient (Wildman–Crippen LogP) is 1.54. The number of hydrogen-bond acceptors (Lipinski definition) is 4. The molecular weight excluding hydrogens is 338 g/mol. The van der Waals surface area contributed by atoms with Crippen LogP contribution in [0.25, 0.3) is 0 Å². The minimum atomic E-state index is -0.881. The lowest BCUT2D eigenvalue weighted by atomic mass is 10.2. The molecule has 1 aromatic rings. The van der Waals surface area contributed by atoms with Gasteiger partial charge >= 0.3 is 0 Å². The second-order valence-electron chi connectivity index (χ2n) is 5.42. The quantitative estimate of drug-likeness (QED) is 0.314. The van der Waals surface area contributed by atoms with Crippen LogP contribution in [0, 0.1) is 0 Å². The second-order valence-corrected chi connectivity index (χ2v) is 7.00. The minimum absolute atomic E-state index is 0.592. The molecule has 0 aliphatic rings. The van der Waals surface area contributed by atoms with Crippen LogP contribution in [0.2, 0.25) is 0 Å². The Morgan fingerprint density at radius 1 is 1.16 bits per heavy atom. The summed E-state index contributed by atoms with van der Waals surface area (Å²) in [4.78, 5) is 4.50. The van der Waals surface area contributed by atoms with Crippen molar-refractivity contribution in [1.29, 1.82) is 0 Å². The third-order valence-corrected chi connectivity index (χ3v) is 4.60. The van der Waals surface area contributed by atoms with Crippen molar-refractivity contribution in [3.63, 3.8) is 0 Å². The number of methoxy groups -OCH3 is 1. The SMILES string of the molecule is CCNC(=NCCCOCCOC)NCCS(=O)Cc1ccccc1. The predicted molar refractivity (Wildman–Crippen MR) is 104 cm³/mol. The Hall–Kier alpha value is -1.44. The molecule has 0 aliphatic carbocycles. The van der Waals surface area contributed by atoms with Gasteiger partial charge in [0.1, 0.15) is 0 Å². The standard InChI is InChI=1S/C18H31N3O3S/c1-3-19-18(20-10-7-12-24-14-13-23-2)21-11-15-25(22)16-17-8-5-4-6-9-17/h4-6,8-9H,3,7,10-16H2,1-2H3,(H2,19,20,21). The highest BCUT2D eigenvalue weighted by Gasteiger charge is 2.03. The zero-order valence-electron chi connectivity index (χ0n) is 15.3. The molecule has 0 fully saturated rings. The van der Waals surface area contributed by atoms with Crippen LogP contribution in [0.4, 0.5) is 0 Å². The van der Waals surface area contributed by atoms with Gasteiger partial charge in [0.2, 0.25) is 0 Å². The highest BCUT2D eigenvalue weighted by atomic mass is 32.2. The van der Waals surface area contributed by atoms with Crippen LogP contribution in [-0.2, 0) is 26.0 Å². The molecule has 0 aliphatic heterocycles. The Bertz CT molecular complexity index is 498. The molecule has 0 aromatic heterocycles. The zero-order valence-corrected chi connectivity index (χ0v) is 16.1. The van der Waals surface area contributed by atoms with Crippen molar-refractivity contribution in [2.45, 2.75) is 19.1 Å². The van der Waals surface area contributed by atoms with E-state index in [0.717, 1.165) is 24.5 Å². The average molecular weight is 370 g/mol. The first-order valence-corrected chi connectivity index (χ1v) is 10.2. The summed E-state index contributed by atoms with van der Waals surface area (Å²) < 4.78 is 22.5. The van der Waals surface area contributed by atoms with E-state index in [9.17, 15) is 4.21 Å². The van der Waals surface area contributed by atoms with E-state index in [1.54, 1.807) is 7.11 Å². The van der Waals surface area contributed by atoms with Gasteiger partial charge in [-0.3, -0.25) is 9.20 Å². The van der Waals surface area contributed by atoms with Gasteiger partial charge in [-0.15, -0.1) is 0 Å². The summed E-state index contributed by atoms with van der Waals surface area (Å²) in [6, 6.07) is 9.92. The molecule has 142 valence electrons. The van der Waals surface area contributed by atoms with Crippen LogP contribution in [-0.4, -0.2) is 62.5 Å². The normalized spacial score (nSPS) is 12.8. The van der Waals surface area contributed by atoms with Crippen molar-refractivity contribution in [1.82, 2.24) is 10.6 Å². The lowest BCUT2D eigenvalue weighted by Crippen LogP contribution is -2.39. The molecule has 7 heteroatoms. The Morgan fingerprint density at radius 3 is 2.68 bits per heavy atom. The Balaban J connectivity index is 2.20. The van der Waals surface area contributed by atoms with Gasteiger partial charge in [0, 0.05) is 55.7 Å². The van der Waals surface area contributed by atoms with E-state index < -0.39 is 10.8 Å². The summed E-state index contributed by atoms with van der Waals surface area (Å²) in [6.45, 7) is 6.06. The summed E-state index contributed by atoms with van der Waals surface area (Å²) in [5.41, 5.74) is 1.11. The average Bonchev–Trinajstić information content (AvgIpc) is 2.61. The molecular formula is C18H31N3O3S. The van der Waals surface area contributed by atoms with Crippen molar-refractivity contribution in [2.75, 3.05) is 52.3 Å². The number of hydrogen-bond donors (Lipinski definition) is 2. The Labute approximate surface area is 153 Å².